The van der Waals surface area contributed by atoms with Crippen molar-refractivity contribution in [3.8, 4) is 0 Å². The van der Waals surface area contributed by atoms with E-state index in [-0.39, 0.29) is 5.54 Å². The summed E-state index contributed by atoms with van der Waals surface area (Å²) in [5.41, 5.74) is 4.91. The van der Waals surface area contributed by atoms with E-state index in [1.54, 1.807) is 0 Å². The second kappa shape index (κ2) is 5.73. The fraction of sp³-hybridized carbons (Fsp3) is 0.542. The lowest BCUT2D eigenvalue weighted by molar-refractivity contribution is 0.170. The van der Waals surface area contributed by atoms with Crippen LogP contribution < -0.4 is 4.90 Å². The Labute approximate surface area is 161 Å². The van der Waals surface area contributed by atoms with Gasteiger partial charge in [0.15, 0.2) is 5.58 Å². The highest BCUT2D eigenvalue weighted by Crippen LogP contribution is 2.57. The number of nitrogens with zero attached hydrogens (tertiary/aromatic N) is 2. The zero-order valence-corrected chi connectivity index (χ0v) is 17.0. The Balaban J connectivity index is 1.73. The highest BCUT2D eigenvalue weighted by atomic mass is 16.3. The summed E-state index contributed by atoms with van der Waals surface area (Å²) >= 11 is 0. The molecule has 1 aliphatic carbocycles. The molecule has 1 aromatic carbocycles. The van der Waals surface area contributed by atoms with E-state index in [4.69, 9.17) is 4.42 Å². The first-order valence-electron chi connectivity index (χ1n) is 10.5. The summed E-state index contributed by atoms with van der Waals surface area (Å²) in [7, 11) is 0. The molecule has 0 amide bonds. The zero-order chi connectivity index (χ0) is 18.8. The van der Waals surface area contributed by atoms with Gasteiger partial charge in [-0.25, -0.2) is 4.98 Å². The smallest absolute Gasteiger partial charge is 0.227 e. The number of pyridine rings is 1. The first-order chi connectivity index (χ1) is 12.9. The number of aryl methyl sites for hydroxylation is 1. The van der Waals surface area contributed by atoms with E-state index in [0.29, 0.717) is 11.5 Å². The van der Waals surface area contributed by atoms with Crippen molar-refractivity contribution in [1.29, 1.82) is 0 Å². The summed E-state index contributed by atoms with van der Waals surface area (Å²) in [4.78, 5) is 7.16. The molecule has 1 saturated carbocycles. The van der Waals surface area contributed by atoms with Gasteiger partial charge < -0.3 is 9.32 Å². The van der Waals surface area contributed by atoms with Crippen LogP contribution in [-0.4, -0.2) is 16.6 Å². The maximum atomic E-state index is 6.34. The van der Waals surface area contributed by atoms with Crippen LogP contribution in [0.25, 0.3) is 22.1 Å². The van der Waals surface area contributed by atoms with Gasteiger partial charge in [0.1, 0.15) is 0 Å². The molecule has 27 heavy (non-hydrogen) atoms. The molecular formula is C24H30N2O. The number of hydrogen-bond donors (Lipinski definition) is 0. The number of benzene rings is 1. The van der Waals surface area contributed by atoms with Crippen LogP contribution in [0.5, 0.6) is 0 Å². The number of rotatable bonds is 1. The van der Waals surface area contributed by atoms with Crippen LogP contribution in [0.1, 0.15) is 64.9 Å². The Morgan fingerprint density at radius 1 is 1.07 bits per heavy atom. The molecule has 2 aromatic heterocycles. The van der Waals surface area contributed by atoms with Gasteiger partial charge in [0.25, 0.3) is 0 Å². The van der Waals surface area contributed by atoms with Gasteiger partial charge in [-0.3, -0.25) is 0 Å². The number of fused-ring (bicyclic) bond motifs is 3. The third-order valence-electron chi connectivity index (χ3n) is 7.39. The van der Waals surface area contributed by atoms with Crippen molar-refractivity contribution in [3.05, 3.63) is 36.0 Å². The fourth-order valence-electron chi connectivity index (χ4n) is 6.30. The van der Waals surface area contributed by atoms with Crippen molar-refractivity contribution in [2.75, 3.05) is 4.90 Å². The number of anilines is 1. The van der Waals surface area contributed by atoms with Crippen LogP contribution in [0.15, 0.2) is 34.9 Å². The lowest BCUT2D eigenvalue weighted by Gasteiger charge is -2.41. The lowest BCUT2D eigenvalue weighted by atomic mass is 9.68. The van der Waals surface area contributed by atoms with Crippen LogP contribution in [0.4, 0.5) is 5.69 Å². The van der Waals surface area contributed by atoms with E-state index in [0.717, 1.165) is 16.7 Å². The predicted octanol–water partition coefficient (Wildman–Crippen LogP) is 6.62. The molecule has 1 saturated heterocycles. The SMILES string of the molecule is Cc1ccc2c(oc3ncccc32)c1N1C(C)C2(CCCCC2)CC1(C)C. The summed E-state index contributed by atoms with van der Waals surface area (Å²) in [5.74, 6) is 0. The van der Waals surface area contributed by atoms with Crippen LogP contribution in [0, 0.1) is 12.3 Å². The normalized spacial score (nSPS) is 24.3. The summed E-state index contributed by atoms with van der Waals surface area (Å²) < 4.78 is 6.34. The molecule has 1 atom stereocenters. The summed E-state index contributed by atoms with van der Waals surface area (Å²) in [6.07, 6.45) is 9.98. The van der Waals surface area contributed by atoms with Crippen LogP contribution in [0.2, 0.25) is 0 Å². The van der Waals surface area contributed by atoms with Gasteiger partial charge in [-0.2, -0.15) is 0 Å². The van der Waals surface area contributed by atoms with Gasteiger partial charge in [-0.1, -0.05) is 31.4 Å². The van der Waals surface area contributed by atoms with Gasteiger partial charge in [-0.15, -0.1) is 0 Å². The Kier molecular flexibility index (Phi) is 3.63. The van der Waals surface area contributed by atoms with Gasteiger partial charge in [0, 0.05) is 28.6 Å². The molecule has 142 valence electrons. The van der Waals surface area contributed by atoms with E-state index in [1.807, 2.05) is 12.3 Å². The topological polar surface area (TPSA) is 29.3 Å². The summed E-state index contributed by atoms with van der Waals surface area (Å²) in [6, 6.07) is 9.10. The molecule has 3 aromatic rings. The Morgan fingerprint density at radius 2 is 1.85 bits per heavy atom. The predicted molar refractivity (Wildman–Crippen MR) is 112 cm³/mol. The Bertz CT molecular complexity index is 1010. The monoisotopic (exact) mass is 362 g/mol. The standard InChI is InChI=1S/C24H30N2O/c1-16-10-11-18-19-9-8-14-25-22(19)27-21(18)20(16)26-17(2)24(15-23(26,3)4)12-6-5-7-13-24/h8-11,14,17H,5-7,12-13,15H2,1-4H3. The molecule has 0 bridgehead atoms. The number of furan rings is 1. The minimum absolute atomic E-state index is 0.127. The molecule has 3 heterocycles. The molecule has 3 nitrogen and oxygen atoms in total. The van der Waals surface area contributed by atoms with Crippen molar-refractivity contribution in [1.82, 2.24) is 4.98 Å². The minimum Gasteiger partial charge on any atom is -0.436 e. The van der Waals surface area contributed by atoms with Crippen molar-refractivity contribution < 1.29 is 4.42 Å². The van der Waals surface area contributed by atoms with Crippen LogP contribution in [-0.2, 0) is 0 Å². The van der Waals surface area contributed by atoms with Crippen LogP contribution >= 0.6 is 0 Å². The van der Waals surface area contributed by atoms with Crippen molar-refractivity contribution >= 4 is 27.8 Å². The van der Waals surface area contributed by atoms with Gasteiger partial charge in [0.2, 0.25) is 5.71 Å². The largest absolute Gasteiger partial charge is 0.436 e. The molecule has 3 heteroatoms. The molecule has 0 radical (unpaired) electrons. The second-order valence-electron chi connectivity index (χ2n) is 9.52. The maximum absolute atomic E-state index is 6.34. The van der Waals surface area contributed by atoms with E-state index >= 15 is 0 Å². The fourth-order valence-corrected chi connectivity index (χ4v) is 6.30. The molecule has 2 fully saturated rings. The third kappa shape index (κ3) is 2.36. The molecule has 2 aliphatic rings. The number of hydrogen-bond acceptors (Lipinski definition) is 3. The van der Waals surface area contributed by atoms with Crippen LogP contribution in [0.3, 0.4) is 0 Å². The average Bonchev–Trinajstić information content (AvgIpc) is 3.10. The lowest BCUT2D eigenvalue weighted by Crippen LogP contribution is -2.44. The van der Waals surface area contributed by atoms with E-state index in [9.17, 15) is 0 Å². The van der Waals surface area contributed by atoms with E-state index < -0.39 is 0 Å². The van der Waals surface area contributed by atoms with Crippen molar-refractivity contribution in [3.63, 3.8) is 0 Å². The average molecular weight is 363 g/mol. The van der Waals surface area contributed by atoms with Gasteiger partial charge in [-0.05, 0) is 70.1 Å². The van der Waals surface area contributed by atoms with E-state index in [2.05, 4.69) is 55.8 Å². The van der Waals surface area contributed by atoms with E-state index in [1.165, 1.54) is 55.2 Å². The Hall–Kier alpha value is -2.03. The second-order valence-corrected chi connectivity index (χ2v) is 9.52. The third-order valence-corrected chi connectivity index (χ3v) is 7.39. The van der Waals surface area contributed by atoms with Gasteiger partial charge >= 0.3 is 0 Å². The highest BCUT2D eigenvalue weighted by molar-refractivity contribution is 6.08. The maximum Gasteiger partial charge on any atom is 0.227 e. The molecule has 1 spiro atoms. The molecular weight excluding hydrogens is 332 g/mol. The molecule has 0 N–H and O–H groups in total. The first-order valence-corrected chi connectivity index (χ1v) is 10.5. The number of aromatic nitrogens is 1. The first kappa shape index (κ1) is 17.1. The summed E-state index contributed by atoms with van der Waals surface area (Å²) in [5, 5.41) is 2.30. The molecule has 5 rings (SSSR count). The van der Waals surface area contributed by atoms with Crippen molar-refractivity contribution in [2.45, 2.75) is 77.8 Å². The van der Waals surface area contributed by atoms with Crippen molar-refractivity contribution in [2.24, 2.45) is 5.41 Å². The Morgan fingerprint density at radius 3 is 2.63 bits per heavy atom. The quantitative estimate of drug-likeness (QED) is 0.487. The minimum atomic E-state index is 0.127. The highest BCUT2D eigenvalue weighted by Gasteiger charge is 2.54. The van der Waals surface area contributed by atoms with Gasteiger partial charge in [0.05, 0.1) is 5.69 Å². The molecule has 1 aliphatic heterocycles. The zero-order valence-electron chi connectivity index (χ0n) is 17.0. The molecule has 1 unspecified atom stereocenters. The summed E-state index contributed by atoms with van der Waals surface area (Å²) in [6.45, 7) is 9.53.